The fourth-order valence-electron chi connectivity index (χ4n) is 3.09. The van der Waals surface area contributed by atoms with Crippen LogP contribution in [0.15, 0.2) is 73.1 Å². The summed E-state index contributed by atoms with van der Waals surface area (Å²) in [5.74, 6) is -0.890. The quantitative estimate of drug-likeness (QED) is 0.715. The number of sulfonamides is 1. The average Bonchev–Trinajstić information content (AvgIpc) is 2.66. The van der Waals surface area contributed by atoms with Crippen LogP contribution in [-0.4, -0.2) is 24.9 Å². The van der Waals surface area contributed by atoms with E-state index in [-0.39, 0.29) is 12.3 Å². The predicted molar refractivity (Wildman–Crippen MR) is 100 cm³/mol. The number of benzene rings is 2. The van der Waals surface area contributed by atoms with E-state index in [2.05, 4.69) is 4.98 Å². The molecule has 0 unspecified atom stereocenters. The number of pyridine rings is 1. The van der Waals surface area contributed by atoms with E-state index in [1.807, 2.05) is 48.5 Å². The van der Waals surface area contributed by atoms with Crippen molar-refractivity contribution in [1.29, 1.82) is 0 Å². The van der Waals surface area contributed by atoms with E-state index in [1.165, 1.54) is 4.31 Å². The third-order valence-electron chi connectivity index (χ3n) is 4.38. The molecule has 0 saturated heterocycles. The Labute approximate surface area is 152 Å². The summed E-state index contributed by atoms with van der Waals surface area (Å²) in [5, 5.41) is 0. The third-order valence-corrected chi connectivity index (χ3v) is 6.00. The van der Waals surface area contributed by atoms with Gasteiger partial charge < -0.3 is 0 Å². The second kappa shape index (κ2) is 6.38. The minimum Gasteiger partial charge on any atom is -0.293 e. The lowest BCUT2D eigenvalue weighted by Crippen LogP contribution is -2.40. The van der Waals surface area contributed by atoms with Crippen molar-refractivity contribution < 1.29 is 13.2 Å². The molecular formula is C20H16N2O3S. The van der Waals surface area contributed by atoms with Gasteiger partial charge in [-0.1, -0.05) is 42.5 Å². The number of aromatic nitrogens is 1. The van der Waals surface area contributed by atoms with Gasteiger partial charge in [0.25, 0.3) is 0 Å². The Morgan fingerprint density at radius 2 is 1.77 bits per heavy atom. The van der Waals surface area contributed by atoms with E-state index >= 15 is 0 Å². The van der Waals surface area contributed by atoms with Gasteiger partial charge >= 0.3 is 0 Å². The van der Waals surface area contributed by atoms with Crippen LogP contribution in [0.4, 0.5) is 5.69 Å². The number of carbonyl (C=O) groups excluding carboxylic acids is 1. The van der Waals surface area contributed by atoms with Crippen LogP contribution in [0.1, 0.15) is 15.9 Å². The molecule has 0 saturated carbocycles. The highest BCUT2D eigenvalue weighted by molar-refractivity contribution is 7.93. The zero-order valence-electron chi connectivity index (χ0n) is 13.9. The van der Waals surface area contributed by atoms with Crippen LogP contribution in [0.2, 0.25) is 0 Å². The van der Waals surface area contributed by atoms with E-state index in [0.29, 0.717) is 11.3 Å². The summed E-state index contributed by atoms with van der Waals surface area (Å²) < 4.78 is 26.5. The number of Topliss-reactive ketones (excluding diaryl/α,β-unsaturated/α-hetero) is 1. The lowest BCUT2D eigenvalue weighted by Gasteiger charge is -2.30. The number of ketones is 1. The summed E-state index contributed by atoms with van der Waals surface area (Å²) in [6.45, 7) is 0.204. The highest BCUT2D eigenvalue weighted by Crippen LogP contribution is 2.34. The smallest absolute Gasteiger partial charge is 0.243 e. The van der Waals surface area contributed by atoms with Crippen molar-refractivity contribution in [3.63, 3.8) is 0 Å². The van der Waals surface area contributed by atoms with Crippen LogP contribution in [0.25, 0.3) is 11.1 Å². The summed E-state index contributed by atoms with van der Waals surface area (Å²) in [4.78, 5) is 16.6. The van der Waals surface area contributed by atoms with Crippen molar-refractivity contribution >= 4 is 21.5 Å². The highest BCUT2D eigenvalue weighted by atomic mass is 32.2. The maximum Gasteiger partial charge on any atom is 0.243 e. The molecule has 0 fully saturated rings. The van der Waals surface area contributed by atoms with Crippen LogP contribution < -0.4 is 4.31 Å². The molecule has 1 aromatic heterocycles. The molecule has 6 heteroatoms. The van der Waals surface area contributed by atoms with Crippen LogP contribution in [0, 0.1) is 0 Å². The van der Waals surface area contributed by atoms with E-state index in [0.717, 1.165) is 16.7 Å². The van der Waals surface area contributed by atoms with Crippen molar-refractivity contribution in [2.75, 3.05) is 10.1 Å². The summed E-state index contributed by atoms with van der Waals surface area (Å²) in [6.07, 6.45) is 3.40. The monoisotopic (exact) mass is 364 g/mol. The van der Waals surface area contributed by atoms with Gasteiger partial charge in [0.15, 0.2) is 5.78 Å². The maximum absolute atomic E-state index is 12.6. The molecule has 0 atom stereocenters. The van der Waals surface area contributed by atoms with Gasteiger partial charge in [0.05, 0.1) is 12.2 Å². The topological polar surface area (TPSA) is 67.3 Å². The van der Waals surface area contributed by atoms with Gasteiger partial charge in [0.1, 0.15) is 5.75 Å². The van der Waals surface area contributed by atoms with Crippen molar-refractivity contribution in [2.45, 2.75) is 6.54 Å². The fraction of sp³-hybridized carbons (Fsp3) is 0.100. The summed E-state index contributed by atoms with van der Waals surface area (Å²) in [6, 6.07) is 18.4. The van der Waals surface area contributed by atoms with E-state index < -0.39 is 15.8 Å². The van der Waals surface area contributed by atoms with E-state index in [9.17, 15) is 13.2 Å². The first-order valence-electron chi connectivity index (χ1n) is 8.16. The van der Waals surface area contributed by atoms with Crippen molar-refractivity contribution in [2.24, 2.45) is 0 Å². The van der Waals surface area contributed by atoms with E-state index in [4.69, 9.17) is 0 Å². The highest BCUT2D eigenvalue weighted by Gasteiger charge is 2.35. The molecule has 0 spiro atoms. The van der Waals surface area contributed by atoms with Gasteiger partial charge in [-0.2, -0.15) is 0 Å². The predicted octanol–water partition coefficient (Wildman–Crippen LogP) is 3.28. The van der Waals surface area contributed by atoms with Gasteiger partial charge in [-0.15, -0.1) is 0 Å². The Morgan fingerprint density at radius 3 is 2.50 bits per heavy atom. The molecule has 0 aliphatic carbocycles. The first kappa shape index (κ1) is 16.5. The Hall–Kier alpha value is -2.99. The van der Waals surface area contributed by atoms with Gasteiger partial charge in [-0.3, -0.25) is 14.1 Å². The SMILES string of the molecule is O=C1CS(=O)(=O)N(Cc2ccccc2)c2ccc(-c3cccnc3)cc21. The van der Waals surface area contributed by atoms with Crippen LogP contribution in [0.5, 0.6) is 0 Å². The third kappa shape index (κ3) is 2.99. The molecule has 0 N–H and O–H groups in total. The minimum absolute atomic E-state index is 0.204. The number of hydrogen-bond acceptors (Lipinski definition) is 4. The molecule has 0 radical (unpaired) electrons. The molecule has 3 aromatic rings. The molecule has 2 heterocycles. The van der Waals surface area contributed by atoms with Gasteiger partial charge in [-0.25, -0.2) is 8.42 Å². The summed E-state index contributed by atoms with van der Waals surface area (Å²) in [7, 11) is -3.69. The van der Waals surface area contributed by atoms with Crippen molar-refractivity contribution in [1.82, 2.24) is 4.98 Å². The molecule has 4 rings (SSSR count). The van der Waals surface area contributed by atoms with Crippen LogP contribution in [0.3, 0.4) is 0 Å². The Morgan fingerprint density at radius 1 is 0.962 bits per heavy atom. The molecule has 1 aliphatic rings. The second-order valence-electron chi connectivity index (χ2n) is 6.15. The van der Waals surface area contributed by atoms with Crippen molar-refractivity contribution in [3.05, 3.63) is 84.2 Å². The Bertz CT molecular complexity index is 1060. The van der Waals surface area contributed by atoms with Gasteiger partial charge in [-0.05, 0) is 29.3 Å². The second-order valence-corrected chi connectivity index (χ2v) is 8.04. The summed E-state index contributed by atoms with van der Waals surface area (Å²) in [5.41, 5.74) is 3.44. The average molecular weight is 364 g/mol. The van der Waals surface area contributed by atoms with Crippen molar-refractivity contribution in [3.8, 4) is 11.1 Å². The zero-order valence-corrected chi connectivity index (χ0v) is 14.7. The Kier molecular flexibility index (Phi) is 4.05. The van der Waals surface area contributed by atoms with Crippen LogP contribution >= 0.6 is 0 Å². The van der Waals surface area contributed by atoms with E-state index in [1.54, 1.807) is 24.5 Å². The maximum atomic E-state index is 12.6. The molecule has 130 valence electrons. The summed E-state index contributed by atoms with van der Waals surface area (Å²) >= 11 is 0. The molecule has 1 aliphatic heterocycles. The minimum atomic E-state index is -3.69. The fourth-order valence-corrected chi connectivity index (χ4v) is 4.54. The molecule has 0 amide bonds. The molecular weight excluding hydrogens is 348 g/mol. The normalized spacial score (nSPS) is 15.5. The van der Waals surface area contributed by atoms with Crippen LogP contribution in [-0.2, 0) is 16.6 Å². The largest absolute Gasteiger partial charge is 0.293 e. The molecule has 26 heavy (non-hydrogen) atoms. The van der Waals surface area contributed by atoms with Gasteiger partial charge in [0, 0.05) is 23.5 Å². The number of rotatable bonds is 3. The number of hydrogen-bond donors (Lipinski definition) is 0. The zero-order chi connectivity index (χ0) is 18.1. The number of carbonyl (C=O) groups is 1. The number of fused-ring (bicyclic) bond motifs is 1. The molecule has 0 bridgehead atoms. The lowest BCUT2D eigenvalue weighted by molar-refractivity contribution is 0.102. The first-order valence-corrected chi connectivity index (χ1v) is 9.77. The standard InChI is InChI=1S/C20H16N2O3S/c23-20-14-26(24,25)22(13-15-5-2-1-3-6-15)19-9-8-16(11-18(19)20)17-7-4-10-21-12-17/h1-12H,13-14H2. The Balaban J connectivity index is 1.80. The first-order chi connectivity index (χ1) is 12.5. The number of anilines is 1. The molecule has 2 aromatic carbocycles. The molecule has 5 nitrogen and oxygen atoms in total. The number of nitrogens with zero attached hydrogens (tertiary/aromatic N) is 2. The lowest BCUT2D eigenvalue weighted by atomic mass is 10.0. The van der Waals surface area contributed by atoms with Gasteiger partial charge in [0.2, 0.25) is 10.0 Å².